The number of H-pyrrole nitrogens is 1. The summed E-state index contributed by atoms with van der Waals surface area (Å²) in [6, 6.07) is 9.75. The van der Waals surface area contributed by atoms with E-state index in [0.29, 0.717) is 23.0 Å². The molecule has 0 saturated heterocycles. The van der Waals surface area contributed by atoms with Gasteiger partial charge < -0.3 is 10.3 Å². The summed E-state index contributed by atoms with van der Waals surface area (Å²) >= 11 is 0. The molecule has 0 spiro atoms. The highest BCUT2D eigenvalue weighted by Gasteiger charge is 2.20. The standard InChI is InChI=1S/C25H22FN7/c1-14(2)20-13-28-33-24(20)31-23(15-9-16(26)12-27-11-15)32-25(33)29-17-7-8-22-19(10-17)18-5-3-4-6-21(18)30-22/h3-7,9,11-14,30H,8,10H2,1-2H3,(H,29,31,32). The van der Waals surface area contributed by atoms with Crippen molar-refractivity contribution in [2.45, 2.75) is 32.6 Å². The van der Waals surface area contributed by atoms with Gasteiger partial charge in [0.25, 0.3) is 0 Å². The SMILES string of the molecule is CC(C)c1cnn2c(NC3=CCc4[nH]c5ccccc5c4C3)nc(-c3cncc(F)c3)nc12. The normalized spacial score (nSPS) is 13.5. The largest absolute Gasteiger partial charge is 0.358 e. The Hall–Kier alpha value is -4.07. The highest BCUT2D eigenvalue weighted by atomic mass is 19.1. The minimum Gasteiger partial charge on any atom is -0.358 e. The molecule has 1 aromatic carbocycles. The first kappa shape index (κ1) is 19.6. The monoisotopic (exact) mass is 439 g/mol. The van der Waals surface area contributed by atoms with Gasteiger partial charge >= 0.3 is 0 Å². The second-order valence-corrected chi connectivity index (χ2v) is 8.62. The lowest BCUT2D eigenvalue weighted by Crippen LogP contribution is -2.14. The third kappa shape index (κ3) is 3.34. The molecule has 8 heteroatoms. The Morgan fingerprint density at radius 3 is 2.85 bits per heavy atom. The quantitative estimate of drug-likeness (QED) is 0.411. The fourth-order valence-corrected chi connectivity index (χ4v) is 4.40. The minimum absolute atomic E-state index is 0.228. The second kappa shape index (κ2) is 7.51. The van der Waals surface area contributed by atoms with Gasteiger partial charge in [-0.25, -0.2) is 9.37 Å². The molecule has 1 aliphatic rings. The van der Waals surface area contributed by atoms with Crippen molar-refractivity contribution in [3.05, 3.63) is 83.3 Å². The van der Waals surface area contributed by atoms with Crippen LogP contribution in [0.1, 0.15) is 36.6 Å². The summed E-state index contributed by atoms with van der Waals surface area (Å²) in [6.07, 6.45) is 8.29. The molecule has 4 aromatic heterocycles. The number of anilines is 1. The zero-order valence-corrected chi connectivity index (χ0v) is 18.3. The number of rotatable bonds is 4. The third-order valence-electron chi connectivity index (χ3n) is 6.07. The number of nitrogens with zero attached hydrogens (tertiary/aromatic N) is 5. The van der Waals surface area contributed by atoms with E-state index in [1.165, 1.54) is 28.9 Å². The number of allylic oxidation sites excluding steroid dienone is 2. The molecule has 4 heterocycles. The van der Waals surface area contributed by atoms with Crippen molar-refractivity contribution in [3.8, 4) is 11.4 Å². The predicted molar refractivity (Wildman–Crippen MR) is 125 cm³/mol. The molecule has 33 heavy (non-hydrogen) atoms. The average Bonchev–Trinajstić information content (AvgIpc) is 3.41. The fraction of sp³-hybridized carbons (Fsp3) is 0.200. The van der Waals surface area contributed by atoms with Gasteiger partial charge in [0.05, 0.1) is 12.4 Å². The first-order valence-corrected chi connectivity index (χ1v) is 11.0. The molecule has 0 amide bonds. The van der Waals surface area contributed by atoms with E-state index in [4.69, 9.17) is 9.97 Å². The molecule has 164 valence electrons. The number of para-hydroxylation sites is 1. The highest BCUT2D eigenvalue weighted by Crippen LogP contribution is 2.30. The van der Waals surface area contributed by atoms with Crippen molar-refractivity contribution in [2.75, 3.05) is 5.32 Å². The summed E-state index contributed by atoms with van der Waals surface area (Å²) in [5.41, 5.74) is 6.94. The van der Waals surface area contributed by atoms with Crippen LogP contribution < -0.4 is 5.32 Å². The molecule has 2 N–H and O–H groups in total. The molecular formula is C25H22FN7. The predicted octanol–water partition coefficient (Wildman–Crippen LogP) is 5.02. The summed E-state index contributed by atoms with van der Waals surface area (Å²) in [5.74, 6) is 0.751. The van der Waals surface area contributed by atoms with Crippen molar-refractivity contribution >= 4 is 22.5 Å². The van der Waals surface area contributed by atoms with Gasteiger partial charge in [-0.3, -0.25) is 4.98 Å². The summed E-state index contributed by atoms with van der Waals surface area (Å²) in [5, 5.41) is 9.26. The van der Waals surface area contributed by atoms with Crippen molar-refractivity contribution in [1.29, 1.82) is 0 Å². The first-order chi connectivity index (χ1) is 16.1. The van der Waals surface area contributed by atoms with E-state index in [9.17, 15) is 4.39 Å². The van der Waals surface area contributed by atoms with Gasteiger partial charge in [0.1, 0.15) is 5.82 Å². The number of benzene rings is 1. The zero-order valence-electron chi connectivity index (χ0n) is 18.3. The molecule has 6 rings (SSSR count). The summed E-state index contributed by atoms with van der Waals surface area (Å²) in [6.45, 7) is 4.19. The van der Waals surface area contributed by atoms with Crippen LogP contribution in [0.5, 0.6) is 0 Å². The second-order valence-electron chi connectivity index (χ2n) is 8.62. The summed E-state index contributed by atoms with van der Waals surface area (Å²) in [4.78, 5) is 16.9. The van der Waals surface area contributed by atoms with Crippen LogP contribution in [0.4, 0.5) is 10.3 Å². The molecule has 0 atom stereocenters. The third-order valence-corrected chi connectivity index (χ3v) is 6.07. The molecule has 1 aliphatic carbocycles. The number of hydrogen-bond acceptors (Lipinski definition) is 5. The van der Waals surface area contributed by atoms with Gasteiger partial charge in [-0.2, -0.15) is 14.6 Å². The van der Waals surface area contributed by atoms with Crippen LogP contribution in [0, 0.1) is 5.82 Å². The van der Waals surface area contributed by atoms with E-state index in [-0.39, 0.29) is 5.92 Å². The smallest absolute Gasteiger partial charge is 0.232 e. The Morgan fingerprint density at radius 2 is 2.00 bits per heavy atom. The van der Waals surface area contributed by atoms with E-state index in [1.807, 2.05) is 12.3 Å². The number of hydrogen-bond donors (Lipinski definition) is 2. The van der Waals surface area contributed by atoms with Gasteiger partial charge in [-0.05, 0) is 23.6 Å². The molecule has 0 radical (unpaired) electrons. The first-order valence-electron chi connectivity index (χ1n) is 11.0. The van der Waals surface area contributed by atoms with Crippen LogP contribution >= 0.6 is 0 Å². The van der Waals surface area contributed by atoms with Gasteiger partial charge in [-0.1, -0.05) is 38.1 Å². The molecule has 0 unspecified atom stereocenters. The molecule has 7 nitrogen and oxygen atoms in total. The molecule has 0 bridgehead atoms. The van der Waals surface area contributed by atoms with Crippen LogP contribution in [0.15, 0.2) is 60.7 Å². The van der Waals surface area contributed by atoms with E-state index in [1.54, 1.807) is 10.7 Å². The number of fused-ring (bicyclic) bond motifs is 4. The Kier molecular flexibility index (Phi) is 4.46. The summed E-state index contributed by atoms with van der Waals surface area (Å²) in [7, 11) is 0. The van der Waals surface area contributed by atoms with Gasteiger partial charge in [0.2, 0.25) is 5.95 Å². The zero-order chi connectivity index (χ0) is 22.5. The number of nitrogens with one attached hydrogen (secondary N) is 2. The molecule has 0 aliphatic heterocycles. The lowest BCUT2D eigenvalue weighted by Gasteiger charge is -2.17. The Morgan fingerprint density at radius 1 is 1.12 bits per heavy atom. The molecule has 5 aromatic rings. The lowest BCUT2D eigenvalue weighted by atomic mass is 9.98. The Labute approximate surface area is 189 Å². The lowest BCUT2D eigenvalue weighted by molar-refractivity contribution is 0.622. The van der Waals surface area contributed by atoms with Crippen molar-refractivity contribution < 1.29 is 4.39 Å². The number of halogens is 1. The van der Waals surface area contributed by atoms with Crippen molar-refractivity contribution in [3.63, 3.8) is 0 Å². The highest BCUT2D eigenvalue weighted by molar-refractivity contribution is 5.85. The Balaban J connectivity index is 1.43. The van der Waals surface area contributed by atoms with E-state index < -0.39 is 5.82 Å². The number of aromatic amines is 1. The van der Waals surface area contributed by atoms with E-state index >= 15 is 0 Å². The van der Waals surface area contributed by atoms with Crippen LogP contribution in [0.3, 0.4) is 0 Å². The van der Waals surface area contributed by atoms with E-state index in [0.717, 1.165) is 29.6 Å². The van der Waals surface area contributed by atoms with Crippen molar-refractivity contribution in [1.82, 2.24) is 29.5 Å². The van der Waals surface area contributed by atoms with Gasteiger partial charge in [0, 0.05) is 52.5 Å². The molecule has 0 saturated carbocycles. The topological polar surface area (TPSA) is 83.8 Å². The fourth-order valence-electron chi connectivity index (χ4n) is 4.40. The average molecular weight is 439 g/mol. The maximum atomic E-state index is 13.9. The van der Waals surface area contributed by atoms with Crippen LogP contribution in [-0.2, 0) is 12.8 Å². The van der Waals surface area contributed by atoms with Gasteiger partial charge in [0.15, 0.2) is 11.5 Å². The molecule has 0 fully saturated rings. The van der Waals surface area contributed by atoms with Crippen LogP contribution in [-0.4, -0.2) is 29.5 Å². The van der Waals surface area contributed by atoms with Gasteiger partial charge in [-0.15, -0.1) is 0 Å². The number of aromatic nitrogens is 6. The molecular weight excluding hydrogens is 417 g/mol. The Bertz CT molecular complexity index is 1540. The minimum atomic E-state index is -0.426. The number of pyridine rings is 1. The van der Waals surface area contributed by atoms with Crippen molar-refractivity contribution in [2.24, 2.45) is 0 Å². The van der Waals surface area contributed by atoms with E-state index in [2.05, 4.69) is 58.5 Å². The maximum Gasteiger partial charge on any atom is 0.232 e. The maximum absolute atomic E-state index is 13.9. The van der Waals surface area contributed by atoms with Crippen LogP contribution in [0.25, 0.3) is 27.9 Å². The summed E-state index contributed by atoms with van der Waals surface area (Å²) < 4.78 is 15.6. The van der Waals surface area contributed by atoms with Crippen LogP contribution in [0.2, 0.25) is 0 Å².